The Hall–Kier alpha value is -1.82. The van der Waals surface area contributed by atoms with Gasteiger partial charge in [0.25, 0.3) is 0 Å². The van der Waals surface area contributed by atoms with E-state index in [1.807, 2.05) is 24.3 Å². The van der Waals surface area contributed by atoms with Crippen LogP contribution in [0.1, 0.15) is 19.8 Å². The van der Waals surface area contributed by atoms with Crippen LogP contribution in [-0.4, -0.2) is 41.1 Å². The zero-order valence-electron chi connectivity index (χ0n) is 15.5. The maximum atomic E-state index is 12.7. The summed E-state index contributed by atoms with van der Waals surface area (Å²) < 4.78 is 2.10. The van der Waals surface area contributed by atoms with Gasteiger partial charge in [-0.05, 0) is 61.6 Å². The van der Waals surface area contributed by atoms with Gasteiger partial charge in [-0.3, -0.25) is 9.69 Å². The van der Waals surface area contributed by atoms with Crippen LogP contribution >= 0.6 is 22.9 Å². The number of halogens is 1. The molecule has 142 valence electrons. The molecule has 4 nitrogen and oxygen atoms in total. The molecule has 1 atom stereocenters. The van der Waals surface area contributed by atoms with Crippen LogP contribution in [0.25, 0.3) is 21.5 Å². The minimum atomic E-state index is 0.0585. The molecular formula is C21H24ClN3OS. The lowest BCUT2D eigenvalue weighted by Crippen LogP contribution is -2.41. The molecule has 0 saturated carbocycles. The molecule has 0 unspecified atom stereocenters. The Balaban J connectivity index is 1.55. The highest BCUT2D eigenvalue weighted by Gasteiger charge is 2.23. The number of rotatable bonds is 6. The van der Waals surface area contributed by atoms with Crippen LogP contribution < -0.4 is 5.32 Å². The molecule has 4 rings (SSSR count). The first-order valence-corrected chi connectivity index (χ1v) is 10.7. The van der Waals surface area contributed by atoms with E-state index in [1.54, 1.807) is 11.3 Å². The molecule has 1 fully saturated rings. The molecule has 6 heteroatoms. The van der Waals surface area contributed by atoms with Crippen LogP contribution in [-0.2, 0) is 11.3 Å². The number of nitrogens with zero attached hydrogens (tertiary/aromatic N) is 2. The van der Waals surface area contributed by atoms with Crippen molar-refractivity contribution in [1.82, 2.24) is 14.8 Å². The normalized spacial score (nSPS) is 17.6. The predicted octanol–water partition coefficient (Wildman–Crippen LogP) is 4.62. The number of likely N-dealkylation sites (N-methyl/N-ethyl adjacent to an activating group) is 1. The van der Waals surface area contributed by atoms with Crippen molar-refractivity contribution in [3.63, 3.8) is 0 Å². The Morgan fingerprint density at radius 1 is 1.33 bits per heavy atom. The lowest BCUT2D eigenvalue weighted by Gasteiger charge is -2.23. The van der Waals surface area contributed by atoms with Crippen molar-refractivity contribution in [2.45, 2.75) is 32.4 Å². The standard InChI is InChI=1S/C21H24ClN3OS/c1-2-24-9-3-5-17(24)13-23-21(26)14-25-18-8-7-16(22)11-15(18)12-19(25)20-6-4-10-27-20/h4,6-8,10-12,17H,2-3,5,9,13-14H2,1H3,(H,23,26)/t17-/m1/s1. The van der Waals surface area contributed by atoms with E-state index < -0.39 is 0 Å². The summed E-state index contributed by atoms with van der Waals surface area (Å²) in [4.78, 5) is 16.3. The van der Waals surface area contributed by atoms with Gasteiger partial charge in [-0.15, -0.1) is 11.3 Å². The molecule has 3 heterocycles. The van der Waals surface area contributed by atoms with Crippen LogP contribution in [0.3, 0.4) is 0 Å². The van der Waals surface area contributed by atoms with Gasteiger partial charge in [0.05, 0.1) is 10.6 Å². The van der Waals surface area contributed by atoms with Gasteiger partial charge < -0.3 is 9.88 Å². The van der Waals surface area contributed by atoms with Crippen molar-refractivity contribution in [3.05, 3.63) is 46.8 Å². The smallest absolute Gasteiger partial charge is 0.240 e. The fourth-order valence-corrected chi connectivity index (χ4v) is 4.95. The number of likely N-dealkylation sites (tertiary alicyclic amines) is 1. The van der Waals surface area contributed by atoms with Gasteiger partial charge in [0.15, 0.2) is 0 Å². The molecule has 1 amide bonds. The number of amides is 1. The number of nitrogens with one attached hydrogen (secondary N) is 1. The summed E-state index contributed by atoms with van der Waals surface area (Å²) in [5.41, 5.74) is 2.10. The minimum Gasteiger partial charge on any atom is -0.353 e. The van der Waals surface area contributed by atoms with E-state index in [1.165, 1.54) is 12.8 Å². The van der Waals surface area contributed by atoms with E-state index in [9.17, 15) is 4.79 Å². The van der Waals surface area contributed by atoms with E-state index in [0.717, 1.165) is 41.1 Å². The minimum absolute atomic E-state index is 0.0585. The number of carbonyl (C=O) groups is 1. The Bertz CT molecular complexity index is 934. The lowest BCUT2D eigenvalue weighted by atomic mass is 10.2. The summed E-state index contributed by atoms with van der Waals surface area (Å²) in [5, 5.41) is 6.98. The second-order valence-electron chi connectivity index (χ2n) is 7.02. The third kappa shape index (κ3) is 3.91. The molecular weight excluding hydrogens is 378 g/mol. The van der Waals surface area contributed by atoms with Crippen molar-refractivity contribution >= 4 is 39.7 Å². The van der Waals surface area contributed by atoms with Crippen LogP contribution in [0.15, 0.2) is 41.8 Å². The lowest BCUT2D eigenvalue weighted by molar-refractivity contribution is -0.121. The van der Waals surface area contributed by atoms with Gasteiger partial charge >= 0.3 is 0 Å². The Labute approximate surface area is 168 Å². The topological polar surface area (TPSA) is 37.3 Å². The molecule has 0 aliphatic carbocycles. The van der Waals surface area contributed by atoms with E-state index >= 15 is 0 Å². The molecule has 0 bridgehead atoms. The Morgan fingerprint density at radius 2 is 2.22 bits per heavy atom. The van der Waals surface area contributed by atoms with Crippen LogP contribution in [0.4, 0.5) is 0 Å². The fraction of sp³-hybridized carbons (Fsp3) is 0.381. The first-order chi connectivity index (χ1) is 13.2. The predicted molar refractivity (Wildman–Crippen MR) is 114 cm³/mol. The van der Waals surface area contributed by atoms with Crippen LogP contribution in [0, 0.1) is 0 Å². The summed E-state index contributed by atoms with van der Waals surface area (Å²) in [7, 11) is 0. The number of aromatic nitrogens is 1. The highest BCUT2D eigenvalue weighted by Crippen LogP contribution is 2.32. The van der Waals surface area contributed by atoms with E-state index in [-0.39, 0.29) is 5.91 Å². The highest BCUT2D eigenvalue weighted by molar-refractivity contribution is 7.13. The summed E-state index contributed by atoms with van der Waals surface area (Å²) >= 11 is 7.85. The van der Waals surface area contributed by atoms with Gasteiger partial charge in [0.2, 0.25) is 5.91 Å². The van der Waals surface area contributed by atoms with Crippen molar-refractivity contribution < 1.29 is 4.79 Å². The van der Waals surface area contributed by atoms with Crippen molar-refractivity contribution in [3.8, 4) is 10.6 Å². The molecule has 0 radical (unpaired) electrons. The van der Waals surface area contributed by atoms with E-state index in [4.69, 9.17) is 11.6 Å². The maximum Gasteiger partial charge on any atom is 0.240 e. The third-order valence-corrected chi connectivity index (χ3v) is 6.51. The van der Waals surface area contributed by atoms with Gasteiger partial charge in [0, 0.05) is 28.5 Å². The summed E-state index contributed by atoms with van der Waals surface area (Å²) in [5.74, 6) is 0.0585. The fourth-order valence-electron chi connectivity index (χ4n) is 4.01. The van der Waals surface area contributed by atoms with Crippen molar-refractivity contribution in [2.24, 2.45) is 0 Å². The van der Waals surface area contributed by atoms with Gasteiger partial charge in [-0.2, -0.15) is 0 Å². The number of fused-ring (bicyclic) bond motifs is 1. The van der Waals surface area contributed by atoms with Crippen LogP contribution in [0.2, 0.25) is 5.02 Å². The Kier molecular flexibility index (Phi) is 5.53. The monoisotopic (exact) mass is 401 g/mol. The molecule has 1 aromatic carbocycles. The van der Waals surface area contributed by atoms with Crippen molar-refractivity contribution in [1.29, 1.82) is 0 Å². The highest BCUT2D eigenvalue weighted by atomic mass is 35.5. The van der Waals surface area contributed by atoms with Crippen molar-refractivity contribution in [2.75, 3.05) is 19.6 Å². The first kappa shape index (κ1) is 18.5. The van der Waals surface area contributed by atoms with Crippen LogP contribution in [0.5, 0.6) is 0 Å². The number of carbonyl (C=O) groups excluding carboxylic acids is 1. The summed E-state index contributed by atoms with van der Waals surface area (Å²) in [6.07, 6.45) is 2.39. The molecule has 27 heavy (non-hydrogen) atoms. The Morgan fingerprint density at radius 3 is 3.00 bits per heavy atom. The molecule has 1 aliphatic heterocycles. The third-order valence-electron chi connectivity index (χ3n) is 5.38. The summed E-state index contributed by atoms with van der Waals surface area (Å²) in [6, 6.07) is 12.6. The van der Waals surface area contributed by atoms with E-state index in [0.29, 0.717) is 17.6 Å². The molecule has 2 aromatic heterocycles. The molecule has 1 N–H and O–H groups in total. The van der Waals surface area contributed by atoms with Gasteiger partial charge in [-0.1, -0.05) is 24.6 Å². The average molecular weight is 402 g/mol. The SMILES string of the molecule is CCN1CCC[C@@H]1CNC(=O)Cn1c(-c2cccs2)cc2cc(Cl)ccc21. The largest absolute Gasteiger partial charge is 0.353 e. The number of thiophene rings is 1. The number of hydrogen-bond donors (Lipinski definition) is 1. The molecule has 3 aromatic rings. The zero-order valence-corrected chi connectivity index (χ0v) is 17.0. The molecule has 1 aliphatic rings. The second-order valence-corrected chi connectivity index (χ2v) is 8.41. The van der Waals surface area contributed by atoms with E-state index in [2.05, 4.69) is 39.2 Å². The first-order valence-electron chi connectivity index (χ1n) is 9.49. The summed E-state index contributed by atoms with van der Waals surface area (Å²) in [6.45, 7) is 5.42. The average Bonchev–Trinajstić information content (AvgIpc) is 3.39. The quantitative estimate of drug-likeness (QED) is 0.654. The van der Waals surface area contributed by atoms with Gasteiger partial charge in [0.1, 0.15) is 6.54 Å². The maximum absolute atomic E-state index is 12.7. The number of benzene rings is 1. The zero-order chi connectivity index (χ0) is 18.8. The van der Waals surface area contributed by atoms with Gasteiger partial charge in [-0.25, -0.2) is 0 Å². The molecule has 1 saturated heterocycles. The molecule has 0 spiro atoms. The number of hydrogen-bond acceptors (Lipinski definition) is 3. The second kappa shape index (κ2) is 8.05.